The van der Waals surface area contributed by atoms with Crippen LogP contribution >= 0.6 is 11.6 Å². The van der Waals surface area contributed by atoms with Crippen LogP contribution in [0.4, 0.5) is 11.4 Å². The Bertz CT molecular complexity index is 927. The number of amides is 1. The zero-order chi connectivity index (χ0) is 23.5. The second kappa shape index (κ2) is 9.72. The number of benzene rings is 2. The number of ether oxygens (including phenoxy) is 1. The van der Waals surface area contributed by atoms with Crippen LogP contribution in [-0.2, 0) is 10.2 Å². The lowest BCUT2D eigenvalue weighted by atomic mass is 9.87. The maximum absolute atomic E-state index is 12.9. The van der Waals surface area contributed by atoms with Gasteiger partial charge in [-0.15, -0.1) is 0 Å². The molecule has 1 fully saturated rings. The summed E-state index contributed by atoms with van der Waals surface area (Å²) >= 11 is 6.57. The highest BCUT2D eigenvalue weighted by atomic mass is 35.5. The molecule has 1 heterocycles. The first-order chi connectivity index (χ1) is 15.0. The number of likely N-dealkylation sites (N-methyl/N-ethyl adjacent to an activating group) is 1. The first-order valence-corrected chi connectivity index (χ1v) is 11.8. The van der Waals surface area contributed by atoms with Crippen LogP contribution in [0.15, 0.2) is 42.5 Å². The van der Waals surface area contributed by atoms with Gasteiger partial charge in [0.1, 0.15) is 5.75 Å². The van der Waals surface area contributed by atoms with Crippen LogP contribution in [0.5, 0.6) is 5.75 Å². The number of halogens is 1. The first kappa shape index (κ1) is 24.4. The lowest BCUT2D eigenvalue weighted by molar-refractivity contribution is -0.128. The van der Waals surface area contributed by atoms with Crippen LogP contribution in [0, 0.1) is 0 Å². The molecule has 1 saturated heterocycles. The Morgan fingerprint density at radius 3 is 2.16 bits per heavy atom. The SMILES string of the molecule is CCN1CCN(c2ccc(NC(=O)C(C)(C)Oc3ccc(C(C)(C)C)cc3)cc2Cl)CC1. The third-order valence-electron chi connectivity index (χ3n) is 6.01. The van der Waals surface area contributed by atoms with Crippen molar-refractivity contribution >= 4 is 28.9 Å². The van der Waals surface area contributed by atoms with Crippen molar-refractivity contribution in [2.75, 3.05) is 42.9 Å². The van der Waals surface area contributed by atoms with E-state index in [9.17, 15) is 4.79 Å². The molecule has 0 spiro atoms. The monoisotopic (exact) mass is 457 g/mol. The molecule has 5 nitrogen and oxygen atoms in total. The van der Waals surface area contributed by atoms with Crippen LogP contribution in [-0.4, -0.2) is 49.1 Å². The van der Waals surface area contributed by atoms with Gasteiger partial charge < -0.3 is 19.9 Å². The summed E-state index contributed by atoms with van der Waals surface area (Å²) in [5, 5.41) is 3.59. The standard InChI is InChI=1S/C26H36ClN3O2/c1-7-29-14-16-30(17-15-29)23-13-10-20(18-22(23)27)28-24(31)26(5,6)32-21-11-8-19(9-12-21)25(2,3)4/h8-13,18H,7,14-17H2,1-6H3,(H,28,31). The van der Waals surface area contributed by atoms with Crippen molar-refractivity contribution in [3.8, 4) is 5.75 Å². The first-order valence-electron chi connectivity index (χ1n) is 11.4. The molecule has 3 rings (SSSR count). The molecule has 0 unspecified atom stereocenters. The molecule has 2 aromatic carbocycles. The smallest absolute Gasteiger partial charge is 0.267 e. The van der Waals surface area contributed by atoms with Gasteiger partial charge in [0.05, 0.1) is 10.7 Å². The van der Waals surface area contributed by atoms with Crippen molar-refractivity contribution < 1.29 is 9.53 Å². The Labute approximate surface area is 197 Å². The van der Waals surface area contributed by atoms with Crippen LogP contribution in [0.3, 0.4) is 0 Å². The lowest BCUT2D eigenvalue weighted by Crippen LogP contribution is -2.46. The molecule has 32 heavy (non-hydrogen) atoms. The zero-order valence-electron chi connectivity index (χ0n) is 20.2. The molecular weight excluding hydrogens is 422 g/mol. The van der Waals surface area contributed by atoms with Crippen LogP contribution in [0.25, 0.3) is 0 Å². The van der Waals surface area contributed by atoms with E-state index in [1.54, 1.807) is 13.8 Å². The van der Waals surface area contributed by atoms with E-state index in [-0.39, 0.29) is 11.3 Å². The van der Waals surface area contributed by atoms with Gasteiger partial charge in [-0.05, 0) is 61.7 Å². The van der Waals surface area contributed by atoms with Crippen LogP contribution < -0.4 is 15.0 Å². The largest absolute Gasteiger partial charge is 0.478 e. The number of rotatable bonds is 6. The van der Waals surface area contributed by atoms with Crippen molar-refractivity contribution in [2.24, 2.45) is 0 Å². The molecule has 1 N–H and O–H groups in total. The minimum Gasteiger partial charge on any atom is -0.478 e. The fraction of sp³-hybridized carbons (Fsp3) is 0.500. The van der Waals surface area contributed by atoms with Crippen molar-refractivity contribution in [3.63, 3.8) is 0 Å². The molecule has 0 aliphatic carbocycles. The molecule has 1 amide bonds. The van der Waals surface area contributed by atoms with Crippen molar-refractivity contribution in [1.82, 2.24) is 4.90 Å². The van der Waals surface area contributed by atoms with Gasteiger partial charge in [-0.25, -0.2) is 0 Å². The summed E-state index contributed by atoms with van der Waals surface area (Å²) in [4.78, 5) is 17.7. The maximum Gasteiger partial charge on any atom is 0.267 e. The van der Waals surface area contributed by atoms with Gasteiger partial charge in [0, 0.05) is 31.9 Å². The Morgan fingerprint density at radius 2 is 1.62 bits per heavy atom. The predicted octanol–water partition coefficient (Wildman–Crippen LogP) is 5.58. The van der Waals surface area contributed by atoms with Gasteiger partial charge in [0.2, 0.25) is 0 Å². The summed E-state index contributed by atoms with van der Waals surface area (Å²) in [5.41, 5.74) is 1.93. The number of nitrogens with zero attached hydrogens (tertiary/aromatic N) is 2. The van der Waals surface area contributed by atoms with Crippen molar-refractivity contribution in [2.45, 2.75) is 52.6 Å². The molecule has 0 saturated carbocycles. The Kier molecular flexibility index (Phi) is 7.41. The van der Waals surface area contributed by atoms with Gasteiger partial charge in [0.15, 0.2) is 5.60 Å². The van der Waals surface area contributed by atoms with Gasteiger partial charge >= 0.3 is 0 Å². The van der Waals surface area contributed by atoms with Gasteiger partial charge in [-0.2, -0.15) is 0 Å². The molecular formula is C26H36ClN3O2. The predicted molar refractivity (Wildman–Crippen MR) is 134 cm³/mol. The maximum atomic E-state index is 12.9. The quantitative estimate of drug-likeness (QED) is 0.615. The average Bonchev–Trinajstić information content (AvgIpc) is 2.73. The van der Waals surface area contributed by atoms with E-state index in [4.69, 9.17) is 16.3 Å². The lowest BCUT2D eigenvalue weighted by Gasteiger charge is -2.36. The van der Waals surface area contributed by atoms with Crippen molar-refractivity contribution in [1.29, 1.82) is 0 Å². The van der Waals surface area contributed by atoms with E-state index in [0.29, 0.717) is 16.5 Å². The van der Waals surface area contributed by atoms with E-state index < -0.39 is 5.60 Å². The summed E-state index contributed by atoms with van der Waals surface area (Å²) in [6.45, 7) is 17.3. The van der Waals surface area contributed by atoms with E-state index in [0.717, 1.165) is 38.4 Å². The normalized spacial score (nSPS) is 15.5. The summed E-state index contributed by atoms with van der Waals surface area (Å²) in [6, 6.07) is 13.6. The fourth-order valence-corrected chi connectivity index (χ4v) is 4.09. The molecule has 174 valence electrons. The van der Waals surface area contributed by atoms with E-state index in [1.807, 2.05) is 42.5 Å². The van der Waals surface area contributed by atoms with Crippen LogP contribution in [0.2, 0.25) is 5.02 Å². The summed E-state index contributed by atoms with van der Waals surface area (Å²) in [6.07, 6.45) is 0. The van der Waals surface area contributed by atoms with Crippen molar-refractivity contribution in [3.05, 3.63) is 53.1 Å². The van der Waals surface area contributed by atoms with Gasteiger partial charge in [-0.3, -0.25) is 4.79 Å². The number of carbonyl (C=O) groups excluding carboxylic acids is 1. The van der Waals surface area contributed by atoms with Gasteiger partial charge in [-0.1, -0.05) is 51.4 Å². The average molecular weight is 458 g/mol. The van der Waals surface area contributed by atoms with E-state index >= 15 is 0 Å². The molecule has 0 atom stereocenters. The Morgan fingerprint density at radius 1 is 1.00 bits per heavy atom. The Balaban J connectivity index is 1.63. The number of nitrogens with one attached hydrogen (secondary N) is 1. The molecule has 1 aliphatic rings. The molecule has 1 aliphatic heterocycles. The zero-order valence-corrected chi connectivity index (χ0v) is 20.9. The molecule has 0 bridgehead atoms. The number of hydrogen-bond donors (Lipinski definition) is 1. The molecule has 6 heteroatoms. The van der Waals surface area contributed by atoms with Crippen LogP contribution in [0.1, 0.15) is 47.1 Å². The topological polar surface area (TPSA) is 44.8 Å². The molecule has 0 radical (unpaired) electrons. The molecule has 2 aromatic rings. The summed E-state index contributed by atoms with van der Waals surface area (Å²) in [7, 11) is 0. The highest BCUT2D eigenvalue weighted by Crippen LogP contribution is 2.31. The number of piperazine rings is 1. The van der Waals surface area contributed by atoms with Gasteiger partial charge in [0.25, 0.3) is 5.91 Å². The third-order valence-corrected chi connectivity index (χ3v) is 6.31. The number of carbonyl (C=O) groups is 1. The second-order valence-corrected chi connectivity index (χ2v) is 10.3. The third kappa shape index (κ3) is 5.96. The highest BCUT2D eigenvalue weighted by molar-refractivity contribution is 6.33. The summed E-state index contributed by atoms with van der Waals surface area (Å²) < 4.78 is 6.02. The molecule has 0 aromatic heterocycles. The highest BCUT2D eigenvalue weighted by Gasteiger charge is 2.30. The second-order valence-electron chi connectivity index (χ2n) is 9.93. The number of hydrogen-bond acceptors (Lipinski definition) is 4. The fourth-order valence-electron chi connectivity index (χ4n) is 3.79. The van der Waals surface area contributed by atoms with E-state index in [1.165, 1.54) is 5.56 Å². The van der Waals surface area contributed by atoms with E-state index in [2.05, 4.69) is 42.8 Å². The minimum atomic E-state index is -1.04. The summed E-state index contributed by atoms with van der Waals surface area (Å²) in [5.74, 6) is 0.440. The Hall–Kier alpha value is -2.24. The minimum absolute atomic E-state index is 0.0699. The number of anilines is 2.